The van der Waals surface area contributed by atoms with E-state index in [0.717, 1.165) is 12.8 Å². The van der Waals surface area contributed by atoms with Gasteiger partial charge in [0.1, 0.15) is 6.10 Å². The Morgan fingerprint density at radius 3 is 2.35 bits per heavy atom. The van der Waals surface area contributed by atoms with Gasteiger partial charge in [0, 0.05) is 19.8 Å². The van der Waals surface area contributed by atoms with E-state index in [4.69, 9.17) is 9.57 Å². The fraction of sp³-hybridized carbons (Fsp3) is 0.400. The molecule has 2 rings (SSSR count). The Labute approximate surface area is 117 Å². The number of hydrogen-bond donors (Lipinski definition) is 0. The number of esters is 1. The average Bonchev–Trinajstić information content (AvgIpc) is 2.81. The lowest BCUT2D eigenvalue weighted by Gasteiger charge is -2.08. The molecule has 0 bridgehead atoms. The van der Waals surface area contributed by atoms with Crippen molar-refractivity contribution in [3.05, 3.63) is 35.4 Å². The Morgan fingerprint density at radius 1 is 1.25 bits per heavy atom. The van der Waals surface area contributed by atoms with Crippen LogP contribution in [0.5, 0.6) is 0 Å². The summed E-state index contributed by atoms with van der Waals surface area (Å²) in [6.45, 7) is 3.13. The van der Waals surface area contributed by atoms with Crippen LogP contribution in [0.4, 0.5) is 0 Å². The molecule has 0 heterocycles. The van der Waals surface area contributed by atoms with Crippen LogP contribution in [0.15, 0.2) is 29.4 Å². The van der Waals surface area contributed by atoms with E-state index in [2.05, 4.69) is 5.16 Å². The van der Waals surface area contributed by atoms with Gasteiger partial charge < -0.3 is 9.57 Å². The van der Waals surface area contributed by atoms with Gasteiger partial charge in [-0.05, 0) is 18.1 Å². The highest BCUT2D eigenvalue weighted by Gasteiger charge is 2.24. The highest BCUT2D eigenvalue weighted by atomic mass is 16.6. The zero-order valence-corrected chi connectivity index (χ0v) is 11.6. The van der Waals surface area contributed by atoms with Gasteiger partial charge in [0.15, 0.2) is 5.78 Å². The summed E-state index contributed by atoms with van der Waals surface area (Å²) in [6, 6.07) is 8.04. The number of ether oxygens (including phenoxy) is 1. The van der Waals surface area contributed by atoms with E-state index < -0.39 is 11.8 Å². The molecule has 1 aromatic rings. The minimum absolute atomic E-state index is 0.142. The smallest absolute Gasteiger partial charge is 0.364 e. The molecule has 106 valence electrons. The number of fused-ring (bicyclic) bond motifs is 1. The van der Waals surface area contributed by atoms with Crippen molar-refractivity contribution in [3.63, 3.8) is 0 Å². The van der Waals surface area contributed by atoms with Crippen molar-refractivity contribution in [3.8, 4) is 0 Å². The van der Waals surface area contributed by atoms with Crippen LogP contribution in [0.2, 0.25) is 0 Å². The second-order valence-corrected chi connectivity index (χ2v) is 4.62. The predicted molar refractivity (Wildman–Crippen MR) is 73.5 cm³/mol. The lowest BCUT2D eigenvalue weighted by Crippen LogP contribution is -2.25. The molecule has 0 unspecified atom stereocenters. The van der Waals surface area contributed by atoms with Gasteiger partial charge in [0.25, 0.3) is 0 Å². The highest BCUT2D eigenvalue weighted by Crippen LogP contribution is 2.23. The molecule has 1 aliphatic carbocycles. The first kappa shape index (κ1) is 14.2. The second kappa shape index (κ2) is 6.32. The third-order valence-electron chi connectivity index (χ3n) is 3.11. The van der Waals surface area contributed by atoms with E-state index >= 15 is 0 Å². The molecular weight excluding hydrogens is 258 g/mol. The summed E-state index contributed by atoms with van der Waals surface area (Å²) in [7, 11) is 0. The van der Waals surface area contributed by atoms with Crippen LogP contribution in [-0.2, 0) is 32.0 Å². The largest absolute Gasteiger partial charge is 0.461 e. The van der Waals surface area contributed by atoms with Gasteiger partial charge in [0.2, 0.25) is 5.71 Å². The number of Topliss-reactive ketones (excluding diaryl/α,β-unsaturated/α-hetero) is 1. The minimum atomic E-state index is -0.740. The van der Waals surface area contributed by atoms with Crippen LogP contribution in [-0.4, -0.2) is 30.2 Å². The molecule has 20 heavy (non-hydrogen) atoms. The zero-order valence-electron chi connectivity index (χ0n) is 11.6. The number of carbonyl (C=O) groups excluding carboxylic acids is 2. The van der Waals surface area contributed by atoms with Gasteiger partial charge in [-0.3, -0.25) is 4.79 Å². The molecule has 0 aromatic heterocycles. The van der Waals surface area contributed by atoms with Gasteiger partial charge in [-0.1, -0.05) is 29.4 Å². The fourth-order valence-electron chi connectivity index (χ4n) is 2.17. The SMILES string of the molecule is CCOC(=O)C(=NOC1Cc2ccccc2C1)C(C)=O. The van der Waals surface area contributed by atoms with Gasteiger partial charge in [0.05, 0.1) is 6.61 Å². The molecule has 1 aromatic carbocycles. The first-order valence-electron chi connectivity index (χ1n) is 6.60. The number of ketones is 1. The number of oxime groups is 1. The normalized spacial score (nSPS) is 14.8. The number of rotatable bonds is 5. The van der Waals surface area contributed by atoms with Crippen molar-refractivity contribution in [2.24, 2.45) is 5.16 Å². The first-order valence-corrected chi connectivity index (χ1v) is 6.60. The molecule has 0 N–H and O–H groups in total. The van der Waals surface area contributed by atoms with Crippen LogP contribution >= 0.6 is 0 Å². The second-order valence-electron chi connectivity index (χ2n) is 4.62. The van der Waals surface area contributed by atoms with Crippen LogP contribution < -0.4 is 0 Å². The first-order chi connectivity index (χ1) is 9.61. The van der Waals surface area contributed by atoms with Gasteiger partial charge in [-0.25, -0.2) is 4.79 Å². The number of nitrogens with zero attached hydrogens (tertiary/aromatic N) is 1. The third-order valence-corrected chi connectivity index (χ3v) is 3.11. The molecule has 5 heteroatoms. The molecule has 0 spiro atoms. The van der Waals surface area contributed by atoms with Crippen molar-refractivity contribution in [2.45, 2.75) is 32.8 Å². The molecule has 0 atom stereocenters. The van der Waals surface area contributed by atoms with Crippen molar-refractivity contribution in [1.82, 2.24) is 0 Å². The number of benzene rings is 1. The molecular formula is C15H17NO4. The van der Waals surface area contributed by atoms with Gasteiger partial charge in [-0.15, -0.1) is 0 Å². The lowest BCUT2D eigenvalue weighted by molar-refractivity contribution is -0.136. The Bertz CT molecular complexity index is 526. The van der Waals surface area contributed by atoms with Crippen LogP contribution in [0.25, 0.3) is 0 Å². The zero-order chi connectivity index (χ0) is 14.5. The van der Waals surface area contributed by atoms with Gasteiger partial charge >= 0.3 is 5.97 Å². The average molecular weight is 275 g/mol. The maximum Gasteiger partial charge on any atom is 0.364 e. The summed E-state index contributed by atoms with van der Waals surface area (Å²) in [5.74, 6) is -1.20. The van der Waals surface area contributed by atoms with Crippen LogP contribution in [0.3, 0.4) is 0 Å². The third kappa shape index (κ3) is 3.23. The summed E-state index contributed by atoms with van der Waals surface area (Å²) in [6.07, 6.45) is 1.32. The maximum atomic E-state index is 11.6. The predicted octanol–water partition coefficient (Wildman–Crippen LogP) is 1.68. The Hall–Kier alpha value is -2.17. The Morgan fingerprint density at radius 2 is 1.85 bits per heavy atom. The molecule has 5 nitrogen and oxygen atoms in total. The van der Waals surface area contributed by atoms with Crippen molar-refractivity contribution in [1.29, 1.82) is 0 Å². The number of hydrogen-bond acceptors (Lipinski definition) is 5. The van der Waals surface area contributed by atoms with E-state index in [1.54, 1.807) is 6.92 Å². The van der Waals surface area contributed by atoms with E-state index in [1.807, 2.05) is 24.3 Å². The molecule has 0 radical (unpaired) electrons. The van der Waals surface area contributed by atoms with E-state index in [0.29, 0.717) is 0 Å². The Balaban J connectivity index is 2.02. The molecule has 0 saturated carbocycles. The van der Waals surface area contributed by atoms with Crippen molar-refractivity contribution < 1.29 is 19.2 Å². The highest BCUT2D eigenvalue weighted by molar-refractivity contribution is 6.63. The van der Waals surface area contributed by atoms with Gasteiger partial charge in [-0.2, -0.15) is 0 Å². The molecule has 0 saturated heterocycles. The quantitative estimate of drug-likeness (QED) is 0.355. The maximum absolute atomic E-state index is 11.6. The molecule has 1 aliphatic rings. The van der Waals surface area contributed by atoms with Crippen molar-refractivity contribution in [2.75, 3.05) is 6.61 Å². The summed E-state index contributed by atoms with van der Waals surface area (Å²) in [4.78, 5) is 28.3. The standard InChI is InChI=1S/C15H17NO4/c1-3-19-15(18)14(10(2)17)16-20-13-8-11-6-4-5-7-12(11)9-13/h4-7,13H,3,8-9H2,1-2H3. The summed E-state index contributed by atoms with van der Waals surface area (Å²) in [5.41, 5.74) is 2.14. The lowest BCUT2D eigenvalue weighted by atomic mass is 10.1. The van der Waals surface area contributed by atoms with E-state index in [9.17, 15) is 9.59 Å². The van der Waals surface area contributed by atoms with E-state index in [-0.39, 0.29) is 18.4 Å². The number of carbonyl (C=O) groups is 2. The van der Waals surface area contributed by atoms with Crippen LogP contribution in [0, 0.1) is 0 Å². The van der Waals surface area contributed by atoms with Crippen molar-refractivity contribution >= 4 is 17.5 Å². The van der Waals surface area contributed by atoms with Crippen LogP contribution in [0.1, 0.15) is 25.0 Å². The van der Waals surface area contributed by atoms with E-state index in [1.165, 1.54) is 18.1 Å². The fourth-order valence-corrected chi connectivity index (χ4v) is 2.17. The summed E-state index contributed by atoms with van der Waals surface area (Å²) >= 11 is 0. The minimum Gasteiger partial charge on any atom is -0.461 e. The monoisotopic (exact) mass is 275 g/mol. The molecule has 0 amide bonds. The summed E-state index contributed by atoms with van der Waals surface area (Å²) in [5, 5.41) is 3.70. The molecule has 0 fully saturated rings. The Kier molecular flexibility index (Phi) is 4.50. The topological polar surface area (TPSA) is 65.0 Å². The molecule has 0 aliphatic heterocycles. The summed E-state index contributed by atoms with van der Waals surface area (Å²) < 4.78 is 4.77.